The number of fused-ring (bicyclic) bond motifs is 2. The summed E-state index contributed by atoms with van der Waals surface area (Å²) in [7, 11) is -0.766. The number of allylic oxidation sites excluding steroid dienone is 1. The van der Waals surface area contributed by atoms with E-state index in [4.69, 9.17) is 0 Å². The maximum absolute atomic E-state index is 4.09. The van der Waals surface area contributed by atoms with Gasteiger partial charge in [-0.2, -0.15) is 0 Å². The molecule has 0 unspecified atom stereocenters. The third-order valence-corrected chi connectivity index (χ3v) is 9.29. The summed E-state index contributed by atoms with van der Waals surface area (Å²) in [5, 5.41) is 9.25. The second-order valence-electron chi connectivity index (χ2n) is 9.00. The van der Waals surface area contributed by atoms with Crippen molar-refractivity contribution in [2.75, 3.05) is 0 Å². The van der Waals surface area contributed by atoms with Crippen molar-refractivity contribution < 1.29 is 0 Å². The van der Waals surface area contributed by atoms with E-state index in [1.165, 1.54) is 54.1 Å². The van der Waals surface area contributed by atoms with E-state index in [0.717, 1.165) is 6.42 Å². The van der Waals surface area contributed by atoms with Gasteiger partial charge in [0.2, 0.25) is 0 Å². The third kappa shape index (κ3) is 4.05. The first kappa shape index (κ1) is 22.5. The summed E-state index contributed by atoms with van der Waals surface area (Å²) in [6, 6.07) is 48.8. The molecule has 0 atom stereocenters. The van der Waals surface area contributed by atoms with Crippen LogP contribution in [-0.2, 0) is 6.42 Å². The molecular weight excluding hydrogens is 451 g/mol. The molecule has 0 spiro atoms. The van der Waals surface area contributed by atoms with Crippen LogP contribution in [0.2, 0.25) is 0 Å². The maximum atomic E-state index is 4.09. The van der Waals surface area contributed by atoms with Gasteiger partial charge in [-0.3, -0.25) is 0 Å². The molecule has 6 aromatic rings. The van der Waals surface area contributed by atoms with Crippen molar-refractivity contribution in [2.45, 2.75) is 6.42 Å². The summed E-state index contributed by atoms with van der Waals surface area (Å²) in [6.45, 7) is 4.09. The number of hydrogen-bond acceptors (Lipinski definition) is 0. The highest BCUT2D eigenvalue weighted by molar-refractivity contribution is 7.80. The minimum absolute atomic E-state index is 0.766. The molecule has 172 valence electrons. The Morgan fingerprint density at radius 3 is 1.58 bits per heavy atom. The first-order valence-corrected chi connectivity index (χ1v) is 13.7. The molecule has 0 aromatic heterocycles. The topological polar surface area (TPSA) is 0 Å². The molecule has 0 bridgehead atoms. The van der Waals surface area contributed by atoms with Gasteiger partial charge in [0, 0.05) is 0 Å². The van der Waals surface area contributed by atoms with Gasteiger partial charge in [-0.1, -0.05) is 140 Å². The Morgan fingerprint density at radius 1 is 0.500 bits per heavy atom. The van der Waals surface area contributed by atoms with Crippen LogP contribution in [-0.4, -0.2) is 0 Å². The number of rotatable bonds is 6. The zero-order chi connectivity index (χ0) is 24.3. The van der Waals surface area contributed by atoms with Crippen molar-refractivity contribution in [3.63, 3.8) is 0 Å². The van der Waals surface area contributed by atoms with E-state index in [9.17, 15) is 0 Å². The predicted molar refractivity (Wildman–Crippen MR) is 159 cm³/mol. The van der Waals surface area contributed by atoms with E-state index in [1.54, 1.807) is 0 Å². The zero-order valence-corrected chi connectivity index (χ0v) is 21.0. The zero-order valence-electron chi connectivity index (χ0n) is 20.1. The van der Waals surface area contributed by atoms with Crippen LogP contribution in [0.25, 0.3) is 32.7 Å². The minimum atomic E-state index is -0.766. The molecular formula is C35H27P. The molecule has 0 N–H and O–H groups in total. The Balaban J connectivity index is 1.77. The van der Waals surface area contributed by atoms with Gasteiger partial charge in [-0.05, 0) is 68.5 Å². The van der Waals surface area contributed by atoms with Crippen LogP contribution in [0.15, 0.2) is 146 Å². The van der Waals surface area contributed by atoms with Crippen molar-refractivity contribution in [1.29, 1.82) is 0 Å². The highest BCUT2D eigenvalue weighted by atomic mass is 31.1. The summed E-state index contributed by atoms with van der Waals surface area (Å²) >= 11 is 0. The van der Waals surface area contributed by atoms with E-state index < -0.39 is 7.92 Å². The van der Waals surface area contributed by atoms with Crippen LogP contribution in [0, 0.1) is 0 Å². The van der Waals surface area contributed by atoms with Crippen LogP contribution in [0.4, 0.5) is 0 Å². The molecule has 6 aromatic carbocycles. The fraction of sp³-hybridized carbons (Fsp3) is 0.0286. The summed E-state index contributed by atoms with van der Waals surface area (Å²) in [6.07, 6.45) is 2.85. The monoisotopic (exact) mass is 478 g/mol. The second-order valence-corrected chi connectivity index (χ2v) is 11.2. The lowest BCUT2D eigenvalue weighted by molar-refractivity contribution is 1.29. The SMILES string of the molecule is C=CCc1ccc2ccccc2c1-c1c(P(c2ccccc2)c2ccccc2)ccc2ccccc12. The fourth-order valence-corrected chi connectivity index (χ4v) is 7.70. The van der Waals surface area contributed by atoms with E-state index in [-0.39, 0.29) is 0 Å². The number of benzene rings is 6. The van der Waals surface area contributed by atoms with Crippen LogP contribution in [0.5, 0.6) is 0 Å². The predicted octanol–water partition coefficient (Wildman–Crippen LogP) is 8.15. The van der Waals surface area contributed by atoms with Gasteiger partial charge in [0.15, 0.2) is 0 Å². The Morgan fingerprint density at radius 2 is 1.00 bits per heavy atom. The molecule has 0 saturated carbocycles. The molecule has 0 radical (unpaired) electrons. The highest BCUT2D eigenvalue weighted by Crippen LogP contribution is 2.43. The van der Waals surface area contributed by atoms with Gasteiger partial charge in [0.25, 0.3) is 0 Å². The first-order chi connectivity index (χ1) is 17.8. The lowest BCUT2D eigenvalue weighted by atomic mass is 9.89. The molecule has 0 fully saturated rings. The normalized spacial score (nSPS) is 11.2. The molecule has 36 heavy (non-hydrogen) atoms. The lowest BCUT2D eigenvalue weighted by Crippen LogP contribution is -2.22. The molecule has 0 heterocycles. The van der Waals surface area contributed by atoms with E-state index in [2.05, 4.69) is 140 Å². The van der Waals surface area contributed by atoms with Crippen molar-refractivity contribution in [2.24, 2.45) is 0 Å². The molecule has 6 rings (SSSR count). The van der Waals surface area contributed by atoms with Gasteiger partial charge in [-0.25, -0.2) is 0 Å². The fourth-order valence-electron chi connectivity index (χ4n) is 5.23. The molecule has 0 amide bonds. The van der Waals surface area contributed by atoms with Crippen molar-refractivity contribution in [3.8, 4) is 11.1 Å². The lowest BCUT2D eigenvalue weighted by Gasteiger charge is -2.25. The Bertz CT molecular complexity index is 1630. The Hall–Kier alpha value is -3.99. The molecule has 0 aliphatic rings. The van der Waals surface area contributed by atoms with E-state index in [1.807, 2.05) is 6.08 Å². The minimum Gasteiger partial charge on any atom is -0.103 e. The molecule has 0 aliphatic carbocycles. The smallest absolute Gasteiger partial charge is 0.00126 e. The maximum Gasteiger partial charge on any atom is -0.00126 e. The highest BCUT2D eigenvalue weighted by Gasteiger charge is 2.24. The largest absolute Gasteiger partial charge is 0.103 e. The van der Waals surface area contributed by atoms with Gasteiger partial charge in [0.05, 0.1) is 0 Å². The summed E-state index contributed by atoms with van der Waals surface area (Å²) in [5.74, 6) is 0. The standard InChI is InChI=1S/C35H27P/c1-2-13-28-23-22-26-14-9-11-20-31(26)34(28)35-32-21-12-10-15-27(32)24-25-33(35)36(29-16-5-3-6-17-29)30-18-7-4-8-19-30/h2-12,14-25H,1,13H2. The Labute approximate surface area is 214 Å². The quantitative estimate of drug-likeness (QED) is 0.167. The molecule has 0 aliphatic heterocycles. The average Bonchev–Trinajstić information content (AvgIpc) is 2.95. The second kappa shape index (κ2) is 9.94. The molecule has 0 saturated heterocycles. The van der Waals surface area contributed by atoms with Crippen molar-refractivity contribution >= 4 is 45.4 Å². The van der Waals surface area contributed by atoms with E-state index in [0.29, 0.717) is 0 Å². The molecule has 1 heteroatoms. The van der Waals surface area contributed by atoms with Crippen LogP contribution in [0.3, 0.4) is 0 Å². The first-order valence-electron chi connectivity index (χ1n) is 12.4. The van der Waals surface area contributed by atoms with Crippen LogP contribution in [0.1, 0.15) is 5.56 Å². The van der Waals surface area contributed by atoms with Crippen molar-refractivity contribution in [3.05, 3.63) is 152 Å². The van der Waals surface area contributed by atoms with Crippen LogP contribution >= 0.6 is 7.92 Å². The van der Waals surface area contributed by atoms with E-state index >= 15 is 0 Å². The molecule has 0 nitrogen and oxygen atoms in total. The summed E-state index contributed by atoms with van der Waals surface area (Å²) in [4.78, 5) is 0. The van der Waals surface area contributed by atoms with Gasteiger partial charge in [-0.15, -0.1) is 6.58 Å². The summed E-state index contributed by atoms with van der Waals surface area (Å²) in [5.41, 5.74) is 4.00. The summed E-state index contributed by atoms with van der Waals surface area (Å²) < 4.78 is 0. The number of hydrogen-bond donors (Lipinski definition) is 0. The van der Waals surface area contributed by atoms with Gasteiger partial charge in [0.1, 0.15) is 0 Å². The average molecular weight is 479 g/mol. The van der Waals surface area contributed by atoms with Gasteiger partial charge < -0.3 is 0 Å². The van der Waals surface area contributed by atoms with Gasteiger partial charge >= 0.3 is 0 Å². The van der Waals surface area contributed by atoms with Crippen molar-refractivity contribution in [1.82, 2.24) is 0 Å². The third-order valence-electron chi connectivity index (χ3n) is 6.81. The Kier molecular flexibility index (Phi) is 6.20. The van der Waals surface area contributed by atoms with Crippen LogP contribution < -0.4 is 15.9 Å².